The molecule has 7 heteroatoms. The number of hydrogen-bond acceptors (Lipinski definition) is 4. The fourth-order valence-corrected chi connectivity index (χ4v) is 2.39. The van der Waals surface area contributed by atoms with Gasteiger partial charge in [-0.15, -0.1) is 0 Å². The average molecular weight is 366 g/mol. The lowest BCUT2D eigenvalue weighted by Gasteiger charge is -2.08. The maximum Gasteiger partial charge on any atom is 0.311 e. The van der Waals surface area contributed by atoms with Crippen molar-refractivity contribution in [3.63, 3.8) is 0 Å². The van der Waals surface area contributed by atoms with Crippen LogP contribution < -0.4 is 10.1 Å². The van der Waals surface area contributed by atoms with E-state index in [1.165, 1.54) is 0 Å². The van der Waals surface area contributed by atoms with Crippen LogP contribution in [0.1, 0.15) is 15.9 Å². The van der Waals surface area contributed by atoms with Gasteiger partial charge in [0.1, 0.15) is 12.4 Å². The second-order valence-corrected chi connectivity index (χ2v) is 5.67. The predicted molar refractivity (Wildman–Crippen MR) is 98.2 cm³/mol. The maximum atomic E-state index is 13.3. The Morgan fingerprint density at radius 3 is 2.41 bits per heavy atom. The first-order valence-corrected chi connectivity index (χ1v) is 8.05. The van der Waals surface area contributed by atoms with Gasteiger partial charge >= 0.3 is 5.69 Å². The van der Waals surface area contributed by atoms with Gasteiger partial charge in [0.2, 0.25) is 0 Å². The first kappa shape index (κ1) is 18.1. The van der Waals surface area contributed by atoms with Crippen LogP contribution in [0, 0.1) is 15.9 Å². The number of halogens is 1. The van der Waals surface area contributed by atoms with Crippen LogP contribution in [0.15, 0.2) is 72.8 Å². The molecular weight excluding hydrogens is 351 g/mol. The Morgan fingerprint density at radius 1 is 1.04 bits per heavy atom. The van der Waals surface area contributed by atoms with E-state index in [4.69, 9.17) is 4.74 Å². The molecule has 0 aliphatic heterocycles. The molecular formula is C20H15FN2O4. The van der Waals surface area contributed by atoms with E-state index in [1.54, 1.807) is 36.4 Å². The number of para-hydroxylation sites is 1. The molecule has 3 aromatic carbocycles. The smallest absolute Gasteiger partial charge is 0.311 e. The number of amides is 1. The highest BCUT2D eigenvalue weighted by Gasteiger charge is 2.16. The van der Waals surface area contributed by atoms with E-state index in [0.29, 0.717) is 16.8 Å². The van der Waals surface area contributed by atoms with E-state index >= 15 is 0 Å². The normalized spacial score (nSPS) is 10.3. The molecule has 0 aliphatic carbocycles. The van der Waals surface area contributed by atoms with Crippen molar-refractivity contribution in [2.24, 2.45) is 0 Å². The minimum Gasteiger partial charge on any atom is -0.482 e. The molecule has 27 heavy (non-hydrogen) atoms. The zero-order valence-corrected chi connectivity index (χ0v) is 14.1. The van der Waals surface area contributed by atoms with Crippen LogP contribution >= 0.6 is 0 Å². The molecule has 0 unspecified atom stereocenters. The van der Waals surface area contributed by atoms with E-state index in [-0.39, 0.29) is 24.0 Å². The topological polar surface area (TPSA) is 81.5 Å². The third kappa shape index (κ3) is 4.66. The van der Waals surface area contributed by atoms with Crippen molar-refractivity contribution in [1.29, 1.82) is 0 Å². The van der Waals surface area contributed by atoms with Crippen LogP contribution in [-0.2, 0) is 6.61 Å². The lowest BCUT2D eigenvalue weighted by Crippen LogP contribution is -2.11. The summed E-state index contributed by atoms with van der Waals surface area (Å²) in [5.41, 5.74) is 1.52. The van der Waals surface area contributed by atoms with Gasteiger partial charge in [-0.3, -0.25) is 14.9 Å². The van der Waals surface area contributed by atoms with Crippen molar-refractivity contribution in [2.75, 3.05) is 5.32 Å². The van der Waals surface area contributed by atoms with Crippen molar-refractivity contribution < 1.29 is 18.8 Å². The molecule has 136 valence electrons. The summed E-state index contributed by atoms with van der Waals surface area (Å²) in [6.07, 6.45) is 0. The Labute approximate surface area is 154 Å². The number of nitrogens with one attached hydrogen (secondary N) is 1. The summed E-state index contributed by atoms with van der Waals surface area (Å²) in [7, 11) is 0. The van der Waals surface area contributed by atoms with Gasteiger partial charge in [-0.25, -0.2) is 4.39 Å². The quantitative estimate of drug-likeness (QED) is 0.512. The third-order valence-corrected chi connectivity index (χ3v) is 3.76. The third-order valence-electron chi connectivity index (χ3n) is 3.76. The molecule has 0 aliphatic rings. The molecule has 3 rings (SSSR count). The number of hydrogen-bond donors (Lipinski definition) is 1. The van der Waals surface area contributed by atoms with Gasteiger partial charge in [-0.2, -0.15) is 0 Å². The van der Waals surface area contributed by atoms with Crippen LogP contribution in [-0.4, -0.2) is 10.8 Å². The number of nitrogens with zero attached hydrogens (tertiary/aromatic N) is 1. The first-order valence-electron chi connectivity index (χ1n) is 8.05. The molecule has 0 saturated carbocycles. The van der Waals surface area contributed by atoms with Crippen LogP contribution in [0.25, 0.3) is 0 Å². The highest BCUT2D eigenvalue weighted by atomic mass is 19.1. The van der Waals surface area contributed by atoms with Gasteiger partial charge in [0, 0.05) is 23.4 Å². The zero-order chi connectivity index (χ0) is 19.2. The maximum absolute atomic E-state index is 13.3. The summed E-state index contributed by atoms with van der Waals surface area (Å²) in [4.78, 5) is 22.5. The van der Waals surface area contributed by atoms with Gasteiger partial charge in [0.15, 0.2) is 5.75 Å². The van der Waals surface area contributed by atoms with Crippen molar-refractivity contribution in [3.05, 3.63) is 99.9 Å². The monoisotopic (exact) mass is 366 g/mol. The molecule has 0 heterocycles. The molecule has 0 radical (unpaired) electrons. The summed E-state index contributed by atoms with van der Waals surface area (Å²) in [6.45, 7) is 0.00484. The highest BCUT2D eigenvalue weighted by Crippen LogP contribution is 2.28. The number of ether oxygens (including phenoxy) is 1. The first-order chi connectivity index (χ1) is 13.0. The molecule has 0 aromatic heterocycles. The summed E-state index contributed by atoms with van der Waals surface area (Å²) in [5.74, 6) is -1.02. The molecule has 1 N–H and O–H groups in total. The minimum absolute atomic E-state index is 0.00484. The fourth-order valence-electron chi connectivity index (χ4n) is 2.39. The minimum atomic E-state index is -0.633. The zero-order valence-electron chi connectivity index (χ0n) is 14.1. The van der Waals surface area contributed by atoms with E-state index < -0.39 is 10.7 Å². The Morgan fingerprint density at radius 2 is 1.74 bits per heavy atom. The Hall–Kier alpha value is -3.74. The number of nitro benzene ring substituents is 1. The largest absolute Gasteiger partial charge is 0.482 e. The van der Waals surface area contributed by atoms with Gasteiger partial charge < -0.3 is 10.1 Å². The van der Waals surface area contributed by atoms with E-state index in [1.807, 2.05) is 18.2 Å². The molecule has 3 aromatic rings. The number of benzene rings is 3. The Kier molecular flexibility index (Phi) is 5.41. The van der Waals surface area contributed by atoms with E-state index in [0.717, 1.165) is 18.2 Å². The Balaban J connectivity index is 1.65. The number of rotatable bonds is 6. The molecule has 1 amide bonds. The van der Waals surface area contributed by atoms with Gasteiger partial charge in [0.05, 0.1) is 4.92 Å². The summed E-state index contributed by atoms with van der Waals surface area (Å²) < 4.78 is 18.7. The summed E-state index contributed by atoms with van der Waals surface area (Å²) in [5, 5.41) is 13.7. The molecule has 0 atom stereocenters. The molecule has 0 bridgehead atoms. The fraction of sp³-hybridized carbons (Fsp3) is 0.0500. The number of carbonyl (C=O) groups is 1. The van der Waals surface area contributed by atoms with Gasteiger partial charge in [0.25, 0.3) is 5.91 Å². The van der Waals surface area contributed by atoms with Crippen LogP contribution in [0.4, 0.5) is 15.8 Å². The van der Waals surface area contributed by atoms with Crippen molar-refractivity contribution in [3.8, 4) is 5.75 Å². The van der Waals surface area contributed by atoms with E-state index in [9.17, 15) is 19.3 Å². The van der Waals surface area contributed by atoms with Crippen LogP contribution in [0.2, 0.25) is 0 Å². The molecule has 0 spiro atoms. The van der Waals surface area contributed by atoms with Crippen molar-refractivity contribution in [1.82, 2.24) is 0 Å². The van der Waals surface area contributed by atoms with Gasteiger partial charge in [-0.05, 0) is 35.9 Å². The van der Waals surface area contributed by atoms with Gasteiger partial charge in [-0.1, -0.05) is 30.3 Å². The predicted octanol–water partition coefficient (Wildman–Crippen LogP) is 4.57. The van der Waals surface area contributed by atoms with Crippen molar-refractivity contribution in [2.45, 2.75) is 6.61 Å². The van der Waals surface area contributed by atoms with Crippen molar-refractivity contribution >= 4 is 17.3 Å². The number of nitro groups is 1. The van der Waals surface area contributed by atoms with Crippen LogP contribution in [0.5, 0.6) is 5.75 Å². The Bertz CT molecular complexity index is 959. The SMILES string of the molecule is O=C(Nc1ccccc1)c1ccc(COc2cc(F)ccc2[N+](=O)[O-])cc1. The highest BCUT2D eigenvalue weighted by molar-refractivity contribution is 6.04. The van der Waals surface area contributed by atoms with E-state index in [2.05, 4.69) is 5.32 Å². The average Bonchev–Trinajstić information content (AvgIpc) is 2.67. The molecule has 0 fully saturated rings. The number of anilines is 1. The molecule has 0 saturated heterocycles. The second kappa shape index (κ2) is 8.09. The number of carbonyl (C=O) groups excluding carboxylic acids is 1. The lowest BCUT2D eigenvalue weighted by atomic mass is 10.1. The lowest BCUT2D eigenvalue weighted by molar-refractivity contribution is -0.386. The summed E-state index contributed by atoms with van der Waals surface area (Å²) in [6, 6.07) is 18.7. The molecule has 6 nitrogen and oxygen atoms in total. The standard InChI is InChI=1S/C20H15FN2O4/c21-16-10-11-18(23(25)26)19(12-16)27-13-14-6-8-15(9-7-14)20(24)22-17-4-2-1-3-5-17/h1-12H,13H2,(H,22,24). The summed E-state index contributed by atoms with van der Waals surface area (Å²) >= 11 is 0. The van der Waals surface area contributed by atoms with Crippen LogP contribution in [0.3, 0.4) is 0 Å². The second-order valence-electron chi connectivity index (χ2n) is 5.67.